The van der Waals surface area contributed by atoms with Gasteiger partial charge in [-0.2, -0.15) is 0 Å². The van der Waals surface area contributed by atoms with Crippen molar-refractivity contribution in [2.45, 2.75) is 77.7 Å². The van der Waals surface area contributed by atoms with Gasteiger partial charge in [-0.1, -0.05) is 57.2 Å². The molecule has 0 bridgehead atoms. The van der Waals surface area contributed by atoms with Crippen molar-refractivity contribution in [2.75, 3.05) is 25.5 Å². The SMILES string of the molecule is CCCCCCCCC(=O)NCCC[C@@H](COCC)n1cnc2c(N)nc3ccccc3c21. The summed E-state index contributed by atoms with van der Waals surface area (Å²) in [5.74, 6) is 0.601. The molecule has 0 saturated heterocycles. The van der Waals surface area contributed by atoms with Gasteiger partial charge in [0.05, 0.1) is 30.0 Å². The standard InChI is InChI=1S/C26H39N5O2/c1-3-5-6-7-8-9-16-23(32)28-17-12-13-20(18-33-4-2)31-19-29-24-25(31)21-14-10-11-15-22(21)30-26(24)27/h10-11,14-15,19-20H,3-9,12-13,16-18H2,1-2H3,(H2,27,30)(H,28,32)/t20-/m0/s1. The van der Waals surface area contributed by atoms with Crippen LogP contribution in [0.3, 0.4) is 0 Å². The lowest BCUT2D eigenvalue weighted by Crippen LogP contribution is -2.25. The number of ether oxygens (including phenoxy) is 1. The smallest absolute Gasteiger partial charge is 0.219 e. The van der Waals surface area contributed by atoms with E-state index in [2.05, 4.69) is 32.8 Å². The third kappa shape index (κ3) is 6.90. The lowest BCUT2D eigenvalue weighted by Gasteiger charge is -2.20. The maximum absolute atomic E-state index is 12.2. The first kappa shape index (κ1) is 25.0. The van der Waals surface area contributed by atoms with Crippen LogP contribution in [0.25, 0.3) is 21.9 Å². The maximum Gasteiger partial charge on any atom is 0.219 e. The van der Waals surface area contributed by atoms with Gasteiger partial charge >= 0.3 is 0 Å². The van der Waals surface area contributed by atoms with Gasteiger partial charge in [0.2, 0.25) is 5.91 Å². The Morgan fingerprint density at radius 1 is 1.12 bits per heavy atom. The number of unbranched alkanes of at least 4 members (excludes halogenated alkanes) is 5. The second-order valence-corrected chi connectivity index (χ2v) is 8.69. The molecule has 33 heavy (non-hydrogen) atoms. The van der Waals surface area contributed by atoms with Crippen LogP contribution in [-0.2, 0) is 9.53 Å². The molecule has 0 aliphatic heterocycles. The number of nitrogens with one attached hydrogen (secondary N) is 1. The highest BCUT2D eigenvalue weighted by Crippen LogP contribution is 2.30. The third-order valence-corrected chi connectivity index (χ3v) is 6.14. The molecule has 0 radical (unpaired) electrons. The number of anilines is 1. The first-order chi connectivity index (χ1) is 16.2. The maximum atomic E-state index is 12.2. The van der Waals surface area contributed by atoms with Gasteiger partial charge < -0.3 is 20.4 Å². The van der Waals surface area contributed by atoms with Crippen LogP contribution in [0.4, 0.5) is 5.82 Å². The molecule has 7 heteroatoms. The van der Waals surface area contributed by atoms with Crippen molar-refractivity contribution in [3.05, 3.63) is 30.6 Å². The number of para-hydroxylation sites is 1. The second kappa shape index (κ2) is 13.1. The molecule has 7 nitrogen and oxygen atoms in total. The molecule has 3 N–H and O–H groups in total. The lowest BCUT2D eigenvalue weighted by molar-refractivity contribution is -0.121. The summed E-state index contributed by atoms with van der Waals surface area (Å²) in [6.07, 6.45) is 11.4. The molecular formula is C26H39N5O2. The summed E-state index contributed by atoms with van der Waals surface area (Å²) in [5, 5.41) is 4.12. The number of nitrogens with two attached hydrogens (primary N) is 1. The molecule has 0 unspecified atom stereocenters. The zero-order chi connectivity index (χ0) is 23.5. The summed E-state index contributed by atoms with van der Waals surface area (Å²) >= 11 is 0. The largest absolute Gasteiger partial charge is 0.382 e. The molecule has 0 aliphatic carbocycles. The number of carbonyl (C=O) groups excluding carboxylic acids is 1. The fourth-order valence-corrected chi connectivity index (χ4v) is 4.32. The molecule has 1 aromatic carbocycles. The van der Waals surface area contributed by atoms with Gasteiger partial charge in [-0.15, -0.1) is 0 Å². The van der Waals surface area contributed by atoms with Crippen LogP contribution in [0, 0.1) is 0 Å². The Bertz CT molecular complexity index is 1020. The first-order valence-corrected chi connectivity index (χ1v) is 12.5. The zero-order valence-electron chi connectivity index (χ0n) is 20.2. The molecule has 2 heterocycles. The summed E-state index contributed by atoms with van der Waals surface area (Å²) in [7, 11) is 0. The van der Waals surface area contributed by atoms with E-state index in [0.29, 0.717) is 32.0 Å². The summed E-state index contributed by atoms with van der Waals surface area (Å²) in [6, 6.07) is 8.11. The number of carbonyl (C=O) groups is 1. The van der Waals surface area contributed by atoms with Crippen molar-refractivity contribution in [1.29, 1.82) is 0 Å². The fourth-order valence-electron chi connectivity index (χ4n) is 4.32. The minimum Gasteiger partial charge on any atom is -0.382 e. The van der Waals surface area contributed by atoms with Crippen LogP contribution in [0.5, 0.6) is 0 Å². The predicted octanol–water partition coefficient (Wildman–Crippen LogP) is 5.39. The Labute approximate surface area is 197 Å². The second-order valence-electron chi connectivity index (χ2n) is 8.69. The molecule has 3 aromatic rings. The van der Waals surface area contributed by atoms with Crippen molar-refractivity contribution < 1.29 is 9.53 Å². The van der Waals surface area contributed by atoms with E-state index in [1.807, 2.05) is 31.5 Å². The van der Waals surface area contributed by atoms with E-state index in [1.165, 1.54) is 25.7 Å². The molecule has 0 spiro atoms. The van der Waals surface area contributed by atoms with Gasteiger partial charge in [-0.05, 0) is 32.3 Å². The van der Waals surface area contributed by atoms with Crippen molar-refractivity contribution in [2.24, 2.45) is 0 Å². The van der Waals surface area contributed by atoms with Crippen molar-refractivity contribution in [3.8, 4) is 0 Å². The highest BCUT2D eigenvalue weighted by molar-refractivity contribution is 6.06. The number of hydrogen-bond donors (Lipinski definition) is 2. The Balaban J connectivity index is 1.59. The van der Waals surface area contributed by atoms with Crippen LogP contribution >= 0.6 is 0 Å². The van der Waals surface area contributed by atoms with Crippen molar-refractivity contribution >= 4 is 33.7 Å². The molecule has 3 rings (SSSR count). The molecular weight excluding hydrogens is 414 g/mol. The summed E-state index contributed by atoms with van der Waals surface area (Å²) in [5.41, 5.74) is 8.78. The van der Waals surface area contributed by atoms with Gasteiger partial charge in [-0.25, -0.2) is 9.97 Å². The topological polar surface area (TPSA) is 95.1 Å². The van der Waals surface area contributed by atoms with Gasteiger partial charge in [0.1, 0.15) is 5.52 Å². The van der Waals surface area contributed by atoms with Gasteiger partial charge in [0, 0.05) is 25.0 Å². The highest BCUT2D eigenvalue weighted by atomic mass is 16.5. The van der Waals surface area contributed by atoms with Crippen molar-refractivity contribution in [1.82, 2.24) is 19.9 Å². The number of fused-ring (bicyclic) bond motifs is 3. The monoisotopic (exact) mass is 453 g/mol. The quantitative estimate of drug-likeness (QED) is 0.301. The number of benzene rings is 1. The Hall–Kier alpha value is -2.67. The fraction of sp³-hybridized carbons (Fsp3) is 0.577. The Morgan fingerprint density at radius 3 is 2.73 bits per heavy atom. The average molecular weight is 454 g/mol. The Kier molecular flexibility index (Phi) is 9.94. The van der Waals surface area contributed by atoms with Crippen molar-refractivity contribution in [3.63, 3.8) is 0 Å². The van der Waals surface area contributed by atoms with E-state index >= 15 is 0 Å². The van der Waals surface area contributed by atoms with E-state index in [-0.39, 0.29) is 11.9 Å². The van der Waals surface area contributed by atoms with Crippen LogP contribution in [-0.4, -0.2) is 40.2 Å². The predicted molar refractivity (Wildman–Crippen MR) is 135 cm³/mol. The van der Waals surface area contributed by atoms with Gasteiger partial charge in [0.25, 0.3) is 0 Å². The van der Waals surface area contributed by atoms with E-state index in [4.69, 9.17) is 10.5 Å². The van der Waals surface area contributed by atoms with E-state index < -0.39 is 0 Å². The number of nitrogens with zero attached hydrogens (tertiary/aromatic N) is 3. The number of pyridine rings is 1. The normalized spacial score (nSPS) is 12.4. The lowest BCUT2D eigenvalue weighted by atomic mass is 10.1. The number of nitrogen functional groups attached to an aromatic ring is 1. The number of aromatic nitrogens is 3. The molecule has 180 valence electrons. The molecule has 0 aliphatic rings. The van der Waals surface area contributed by atoms with Crippen LogP contribution < -0.4 is 11.1 Å². The minimum atomic E-state index is 0.107. The first-order valence-electron chi connectivity index (χ1n) is 12.5. The third-order valence-electron chi connectivity index (χ3n) is 6.14. The molecule has 1 atom stereocenters. The minimum absolute atomic E-state index is 0.107. The highest BCUT2D eigenvalue weighted by Gasteiger charge is 2.18. The number of amides is 1. The summed E-state index contributed by atoms with van der Waals surface area (Å²) in [4.78, 5) is 21.2. The molecule has 2 aromatic heterocycles. The number of rotatable bonds is 15. The summed E-state index contributed by atoms with van der Waals surface area (Å²) in [6.45, 7) is 6.14. The molecule has 0 saturated carbocycles. The van der Waals surface area contributed by atoms with Gasteiger partial charge in [0.15, 0.2) is 5.82 Å². The number of imidazole rings is 1. The molecule has 1 amide bonds. The summed E-state index contributed by atoms with van der Waals surface area (Å²) < 4.78 is 7.97. The molecule has 0 fully saturated rings. The van der Waals surface area contributed by atoms with E-state index in [1.54, 1.807) is 0 Å². The van der Waals surface area contributed by atoms with E-state index in [9.17, 15) is 4.79 Å². The number of hydrogen-bond acceptors (Lipinski definition) is 5. The van der Waals surface area contributed by atoms with E-state index in [0.717, 1.165) is 47.6 Å². The Morgan fingerprint density at radius 2 is 1.91 bits per heavy atom. The van der Waals surface area contributed by atoms with Crippen LogP contribution in [0.1, 0.15) is 77.7 Å². The zero-order valence-corrected chi connectivity index (χ0v) is 20.2. The average Bonchev–Trinajstić information content (AvgIpc) is 3.27. The van der Waals surface area contributed by atoms with Gasteiger partial charge in [-0.3, -0.25) is 4.79 Å². The van der Waals surface area contributed by atoms with Crippen LogP contribution in [0.2, 0.25) is 0 Å². The van der Waals surface area contributed by atoms with Crippen LogP contribution in [0.15, 0.2) is 30.6 Å².